The quantitative estimate of drug-likeness (QED) is 0.804. The first-order valence-corrected chi connectivity index (χ1v) is 7.10. The van der Waals surface area contributed by atoms with Crippen LogP contribution < -0.4 is 5.32 Å². The van der Waals surface area contributed by atoms with Crippen LogP contribution in [0.4, 0.5) is 0 Å². The summed E-state index contributed by atoms with van der Waals surface area (Å²) in [6.45, 7) is 11.9. The molecular weight excluding hydrogens is 222 g/mol. The van der Waals surface area contributed by atoms with Crippen molar-refractivity contribution in [3.8, 4) is 0 Å². The molecule has 0 saturated carbocycles. The summed E-state index contributed by atoms with van der Waals surface area (Å²) in [7, 11) is 0. The van der Waals surface area contributed by atoms with Crippen molar-refractivity contribution in [3.05, 3.63) is 23.3 Å². The van der Waals surface area contributed by atoms with Gasteiger partial charge in [0.15, 0.2) is 0 Å². The first-order chi connectivity index (χ1) is 8.54. The van der Waals surface area contributed by atoms with Crippen LogP contribution in [0.25, 0.3) is 0 Å². The van der Waals surface area contributed by atoms with Crippen molar-refractivity contribution in [2.45, 2.75) is 59.9 Å². The van der Waals surface area contributed by atoms with Gasteiger partial charge in [-0.15, -0.1) is 0 Å². The summed E-state index contributed by atoms with van der Waals surface area (Å²) < 4.78 is 0. The Labute approximate surface area is 111 Å². The zero-order valence-electron chi connectivity index (χ0n) is 12.5. The number of hydrogen-bond donors (Lipinski definition) is 1. The van der Waals surface area contributed by atoms with Gasteiger partial charge in [-0.05, 0) is 39.2 Å². The van der Waals surface area contributed by atoms with Gasteiger partial charge in [-0.2, -0.15) is 0 Å². The fourth-order valence-electron chi connectivity index (χ4n) is 1.96. The Bertz CT molecular complexity index is 361. The van der Waals surface area contributed by atoms with Gasteiger partial charge in [0.25, 0.3) is 0 Å². The van der Waals surface area contributed by atoms with E-state index in [-0.39, 0.29) is 0 Å². The average Bonchev–Trinajstić information content (AvgIpc) is 2.33. The van der Waals surface area contributed by atoms with Crippen LogP contribution in [0.5, 0.6) is 0 Å². The van der Waals surface area contributed by atoms with Crippen LogP contribution in [0.3, 0.4) is 0 Å². The maximum Gasteiger partial charge on any atom is 0.128 e. The van der Waals surface area contributed by atoms with Gasteiger partial charge in [-0.25, -0.2) is 9.97 Å². The molecule has 0 saturated heterocycles. The molecule has 1 aromatic heterocycles. The highest BCUT2D eigenvalue weighted by atomic mass is 14.9. The summed E-state index contributed by atoms with van der Waals surface area (Å²) in [5.74, 6) is 1.69. The van der Waals surface area contributed by atoms with Gasteiger partial charge >= 0.3 is 0 Å². The fraction of sp³-hybridized carbons (Fsp3) is 0.733. The maximum atomic E-state index is 4.62. The molecule has 18 heavy (non-hydrogen) atoms. The van der Waals surface area contributed by atoms with E-state index in [0.29, 0.717) is 12.0 Å². The van der Waals surface area contributed by atoms with E-state index < -0.39 is 0 Å². The second kappa shape index (κ2) is 7.47. The molecule has 1 aromatic rings. The lowest BCUT2D eigenvalue weighted by atomic mass is 10.1. The Morgan fingerprint density at radius 2 is 2.00 bits per heavy atom. The van der Waals surface area contributed by atoms with Crippen molar-refractivity contribution in [2.24, 2.45) is 5.92 Å². The molecule has 3 heteroatoms. The van der Waals surface area contributed by atoms with E-state index in [1.165, 1.54) is 5.56 Å². The monoisotopic (exact) mass is 249 g/mol. The maximum absolute atomic E-state index is 4.62. The second-order valence-corrected chi connectivity index (χ2v) is 5.44. The van der Waals surface area contributed by atoms with Crippen molar-refractivity contribution in [3.63, 3.8) is 0 Å². The molecule has 0 aliphatic heterocycles. The second-order valence-electron chi connectivity index (χ2n) is 5.44. The fourth-order valence-corrected chi connectivity index (χ4v) is 1.96. The van der Waals surface area contributed by atoms with Crippen LogP contribution >= 0.6 is 0 Å². The molecule has 0 aliphatic rings. The van der Waals surface area contributed by atoms with Gasteiger partial charge in [-0.1, -0.05) is 20.8 Å². The molecule has 0 spiro atoms. The zero-order valence-corrected chi connectivity index (χ0v) is 12.5. The van der Waals surface area contributed by atoms with E-state index in [0.717, 1.165) is 37.3 Å². The van der Waals surface area contributed by atoms with E-state index in [1.807, 2.05) is 6.20 Å². The summed E-state index contributed by atoms with van der Waals surface area (Å²) in [5.41, 5.74) is 2.33. The summed E-state index contributed by atoms with van der Waals surface area (Å²) in [4.78, 5) is 9.11. The molecule has 0 radical (unpaired) electrons. The van der Waals surface area contributed by atoms with Crippen molar-refractivity contribution in [1.82, 2.24) is 15.3 Å². The number of nitrogens with one attached hydrogen (secondary N) is 1. The van der Waals surface area contributed by atoms with Gasteiger partial charge in [0, 0.05) is 29.9 Å². The first-order valence-electron chi connectivity index (χ1n) is 7.10. The van der Waals surface area contributed by atoms with E-state index in [4.69, 9.17) is 0 Å². The number of aryl methyl sites for hydroxylation is 2. The van der Waals surface area contributed by atoms with Gasteiger partial charge in [0.05, 0.1) is 0 Å². The number of hydrogen-bond acceptors (Lipinski definition) is 3. The molecule has 1 heterocycles. The van der Waals surface area contributed by atoms with Crippen molar-refractivity contribution in [1.29, 1.82) is 0 Å². The molecule has 1 atom stereocenters. The largest absolute Gasteiger partial charge is 0.310 e. The topological polar surface area (TPSA) is 37.8 Å². The molecule has 0 bridgehead atoms. The summed E-state index contributed by atoms with van der Waals surface area (Å²) in [6, 6.07) is 0.337. The van der Waals surface area contributed by atoms with Crippen LogP contribution in [0.1, 0.15) is 63.7 Å². The summed E-state index contributed by atoms with van der Waals surface area (Å²) >= 11 is 0. The molecule has 0 fully saturated rings. The van der Waals surface area contributed by atoms with Gasteiger partial charge in [0.2, 0.25) is 0 Å². The number of aromatic nitrogens is 2. The van der Waals surface area contributed by atoms with E-state index >= 15 is 0 Å². The van der Waals surface area contributed by atoms with Crippen molar-refractivity contribution < 1.29 is 0 Å². The SMILES string of the molecule is CCCNC(C)c1cnc(CCC(C)C)nc1C. The third-order valence-corrected chi connectivity index (χ3v) is 3.18. The lowest BCUT2D eigenvalue weighted by Gasteiger charge is -2.15. The van der Waals surface area contributed by atoms with Gasteiger partial charge in [-0.3, -0.25) is 0 Å². The minimum absolute atomic E-state index is 0.337. The Hall–Kier alpha value is -0.960. The molecule has 1 rings (SSSR count). The predicted molar refractivity (Wildman–Crippen MR) is 76.6 cm³/mol. The van der Waals surface area contributed by atoms with Crippen molar-refractivity contribution >= 4 is 0 Å². The van der Waals surface area contributed by atoms with Crippen LogP contribution in [0.15, 0.2) is 6.20 Å². The third kappa shape index (κ3) is 4.73. The van der Waals surface area contributed by atoms with Crippen LogP contribution in [0.2, 0.25) is 0 Å². The van der Waals surface area contributed by atoms with Crippen LogP contribution in [-0.2, 0) is 6.42 Å². The highest BCUT2D eigenvalue weighted by Gasteiger charge is 2.10. The Morgan fingerprint density at radius 3 is 2.56 bits per heavy atom. The van der Waals surface area contributed by atoms with Crippen molar-refractivity contribution in [2.75, 3.05) is 6.54 Å². The number of nitrogens with zero attached hydrogens (tertiary/aromatic N) is 2. The zero-order chi connectivity index (χ0) is 13.5. The molecule has 1 unspecified atom stereocenters. The predicted octanol–water partition coefficient (Wildman–Crippen LogP) is 3.43. The summed E-state index contributed by atoms with van der Waals surface area (Å²) in [5, 5.41) is 3.48. The lowest BCUT2D eigenvalue weighted by Crippen LogP contribution is -2.21. The molecule has 0 amide bonds. The minimum Gasteiger partial charge on any atom is -0.310 e. The smallest absolute Gasteiger partial charge is 0.128 e. The Kier molecular flexibility index (Phi) is 6.27. The van der Waals surface area contributed by atoms with Crippen LogP contribution in [0, 0.1) is 12.8 Å². The van der Waals surface area contributed by atoms with E-state index in [2.05, 4.69) is 49.9 Å². The molecule has 1 N–H and O–H groups in total. The van der Waals surface area contributed by atoms with E-state index in [9.17, 15) is 0 Å². The molecule has 0 aromatic carbocycles. The highest BCUT2D eigenvalue weighted by Crippen LogP contribution is 2.15. The molecule has 102 valence electrons. The van der Waals surface area contributed by atoms with E-state index in [1.54, 1.807) is 0 Å². The normalized spacial score (nSPS) is 13.0. The molecule has 0 aliphatic carbocycles. The van der Waals surface area contributed by atoms with Gasteiger partial charge < -0.3 is 5.32 Å². The third-order valence-electron chi connectivity index (χ3n) is 3.18. The van der Waals surface area contributed by atoms with Crippen LogP contribution in [-0.4, -0.2) is 16.5 Å². The Morgan fingerprint density at radius 1 is 1.28 bits per heavy atom. The van der Waals surface area contributed by atoms with Gasteiger partial charge in [0.1, 0.15) is 5.82 Å². The standard InChI is InChI=1S/C15H27N3/c1-6-9-16-12(4)14-10-17-15(18-13(14)5)8-7-11(2)3/h10-12,16H,6-9H2,1-5H3. The number of rotatable bonds is 7. The lowest BCUT2D eigenvalue weighted by molar-refractivity contribution is 0.555. The minimum atomic E-state index is 0.337. The molecular formula is C15H27N3. The highest BCUT2D eigenvalue weighted by molar-refractivity contribution is 5.19. The Balaban J connectivity index is 2.66. The first kappa shape index (κ1) is 15.1. The summed E-state index contributed by atoms with van der Waals surface area (Å²) in [6.07, 6.45) is 5.28. The molecule has 3 nitrogen and oxygen atoms in total. The average molecular weight is 249 g/mol.